The van der Waals surface area contributed by atoms with E-state index in [2.05, 4.69) is 0 Å². The summed E-state index contributed by atoms with van der Waals surface area (Å²) in [6.07, 6.45) is 0. The van der Waals surface area contributed by atoms with E-state index in [1.807, 2.05) is 0 Å². The van der Waals surface area contributed by atoms with Crippen molar-refractivity contribution in [2.24, 2.45) is 23.3 Å². The van der Waals surface area contributed by atoms with Gasteiger partial charge in [0.15, 0.2) is 0 Å². The molecule has 0 spiro atoms. The summed E-state index contributed by atoms with van der Waals surface area (Å²) < 4.78 is 10.7. The Hall–Kier alpha value is -0.560. The molecule has 0 aliphatic heterocycles. The van der Waals surface area contributed by atoms with E-state index >= 15 is 0 Å². The molecule has 2 atom stereocenters. The van der Waals surface area contributed by atoms with Crippen molar-refractivity contribution in [3.05, 3.63) is 0 Å². The van der Waals surface area contributed by atoms with Gasteiger partial charge in [-0.3, -0.25) is 9.59 Å². The number of hydrogen-bond acceptors (Lipinski definition) is 6. The van der Waals surface area contributed by atoms with Gasteiger partial charge >= 0.3 is 11.9 Å². The highest BCUT2D eigenvalue weighted by Crippen LogP contribution is 2.28. The van der Waals surface area contributed by atoms with E-state index in [0.29, 0.717) is 0 Å². The van der Waals surface area contributed by atoms with Crippen LogP contribution in [0.15, 0.2) is 0 Å². The van der Waals surface area contributed by atoms with Gasteiger partial charge in [0.1, 0.15) is 11.2 Å². The fraction of sp³-hybridized carbons (Fsp3) is 0.875. The molecule has 0 fully saturated rings. The van der Waals surface area contributed by atoms with Crippen LogP contribution in [0.5, 0.6) is 0 Å². The summed E-state index contributed by atoms with van der Waals surface area (Å²) in [4.78, 5) is 24.5. The summed E-state index contributed by atoms with van der Waals surface area (Å²) in [5.74, 6) is -2.43. The van der Waals surface area contributed by atoms with Gasteiger partial charge in [-0.1, -0.05) is 13.8 Å². The second kappa shape index (κ2) is 9.80. The molecule has 8 heteroatoms. The Morgan fingerprint density at radius 2 is 1.08 bits per heavy atom. The maximum Gasteiger partial charge on any atom is 0.311 e. The van der Waals surface area contributed by atoms with Gasteiger partial charge in [-0.2, -0.15) is 0 Å². The molecule has 6 nitrogen and oxygen atoms in total. The van der Waals surface area contributed by atoms with Gasteiger partial charge < -0.3 is 20.9 Å². The van der Waals surface area contributed by atoms with E-state index in [-0.39, 0.29) is 31.4 Å². The second-order valence-corrected chi connectivity index (χ2v) is 7.83. The first-order valence-electron chi connectivity index (χ1n) is 7.58. The number of hydrogen-bond donors (Lipinski definition) is 2. The second-order valence-electron chi connectivity index (χ2n) is 7.83. The van der Waals surface area contributed by atoms with E-state index in [0.717, 1.165) is 0 Å². The van der Waals surface area contributed by atoms with E-state index in [9.17, 15) is 9.59 Å². The van der Waals surface area contributed by atoms with Gasteiger partial charge in [-0.15, -0.1) is 24.8 Å². The molecule has 0 saturated heterocycles. The van der Waals surface area contributed by atoms with Crippen LogP contribution < -0.4 is 11.5 Å². The van der Waals surface area contributed by atoms with Gasteiger partial charge in [-0.05, 0) is 41.5 Å². The summed E-state index contributed by atoms with van der Waals surface area (Å²) in [6.45, 7) is 13.9. The van der Waals surface area contributed by atoms with Gasteiger partial charge in [0.05, 0.1) is 17.4 Å². The monoisotopic (exact) mass is 388 g/mol. The summed E-state index contributed by atoms with van der Waals surface area (Å²) in [7, 11) is 0. The molecule has 2 unspecified atom stereocenters. The normalized spacial score (nSPS) is 16.6. The highest BCUT2D eigenvalue weighted by atomic mass is 35.5. The van der Waals surface area contributed by atoms with E-state index in [4.69, 9.17) is 20.9 Å². The summed E-state index contributed by atoms with van der Waals surface area (Å²) in [6, 6.07) is 0. The van der Waals surface area contributed by atoms with Crippen molar-refractivity contribution in [2.45, 2.75) is 72.1 Å². The van der Waals surface area contributed by atoms with Gasteiger partial charge in [0, 0.05) is 6.54 Å². The minimum atomic E-state index is -1.23. The van der Waals surface area contributed by atoms with E-state index < -0.39 is 40.5 Å². The first kappa shape index (κ1) is 28.3. The standard InChI is InChI=1S/C16H32N2O4.2ClH/c1-10(12(19)21-14(3,4)5)16(18,9-17)11(2)13(20)22-15(6,7)8;;/h10-11H,9,17-18H2,1-8H3;2*1H. The van der Waals surface area contributed by atoms with Gasteiger partial charge in [0.25, 0.3) is 0 Å². The fourth-order valence-corrected chi connectivity index (χ4v) is 1.95. The molecule has 146 valence electrons. The molecular weight excluding hydrogens is 355 g/mol. The van der Waals surface area contributed by atoms with Crippen molar-refractivity contribution in [1.29, 1.82) is 0 Å². The van der Waals surface area contributed by atoms with Crippen molar-refractivity contribution < 1.29 is 19.1 Å². The number of ether oxygens (including phenoxy) is 2. The first-order chi connectivity index (χ1) is 9.64. The topological polar surface area (TPSA) is 105 Å². The van der Waals surface area contributed by atoms with Gasteiger partial charge in [-0.25, -0.2) is 0 Å². The molecule has 0 aliphatic carbocycles. The number of rotatable bonds is 5. The predicted molar refractivity (Wildman–Crippen MR) is 100 cm³/mol. The van der Waals surface area contributed by atoms with E-state index in [1.54, 1.807) is 55.4 Å². The molecule has 4 N–H and O–H groups in total. The van der Waals surface area contributed by atoms with Crippen LogP contribution in [0.4, 0.5) is 0 Å². The van der Waals surface area contributed by atoms with Crippen LogP contribution in [0.3, 0.4) is 0 Å². The highest BCUT2D eigenvalue weighted by molar-refractivity contribution is 5.85. The third-order valence-corrected chi connectivity index (χ3v) is 3.49. The van der Waals surface area contributed by atoms with Crippen molar-refractivity contribution in [3.63, 3.8) is 0 Å². The Morgan fingerprint density at radius 3 is 1.25 bits per heavy atom. The zero-order valence-electron chi connectivity index (χ0n) is 16.0. The average Bonchev–Trinajstić information content (AvgIpc) is 2.31. The van der Waals surface area contributed by atoms with Gasteiger partial charge in [0.2, 0.25) is 0 Å². The lowest BCUT2D eigenvalue weighted by Crippen LogP contribution is -2.62. The number of nitrogens with two attached hydrogens (primary N) is 2. The maximum atomic E-state index is 12.3. The number of carbonyl (C=O) groups excluding carboxylic acids is 2. The lowest BCUT2D eigenvalue weighted by Gasteiger charge is -2.39. The van der Waals surface area contributed by atoms with Crippen LogP contribution in [-0.2, 0) is 19.1 Å². The minimum absolute atomic E-state index is 0. The number of esters is 2. The minimum Gasteiger partial charge on any atom is -0.460 e. The largest absolute Gasteiger partial charge is 0.460 e. The molecule has 0 aromatic heterocycles. The van der Waals surface area contributed by atoms with Crippen LogP contribution in [-0.4, -0.2) is 35.2 Å². The quantitative estimate of drug-likeness (QED) is 0.700. The Bertz CT molecular complexity index is 383. The molecule has 0 radical (unpaired) electrons. The van der Waals surface area contributed by atoms with Crippen molar-refractivity contribution in [3.8, 4) is 0 Å². The van der Waals surface area contributed by atoms with Crippen LogP contribution in [0, 0.1) is 11.8 Å². The zero-order chi connectivity index (χ0) is 17.9. The summed E-state index contributed by atoms with van der Waals surface area (Å²) >= 11 is 0. The molecule has 0 heterocycles. The van der Waals surface area contributed by atoms with E-state index in [1.165, 1.54) is 0 Å². The maximum absolute atomic E-state index is 12.3. The SMILES string of the molecule is CC(C(=O)OC(C)(C)C)C(N)(CN)C(C)C(=O)OC(C)(C)C.Cl.Cl. The molecule has 24 heavy (non-hydrogen) atoms. The third kappa shape index (κ3) is 8.51. The molecule has 0 rings (SSSR count). The van der Waals surface area contributed by atoms with Crippen LogP contribution >= 0.6 is 24.8 Å². The Balaban J connectivity index is -0.00000220. The molecule has 0 saturated carbocycles. The molecule has 0 aromatic carbocycles. The van der Waals surface area contributed by atoms with Crippen LogP contribution in [0.1, 0.15) is 55.4 Å². The van der Waals surface area contributed by atoms with Crippen LogP contribution in [0.25, 0.3) is 0 Å². The molecule has 0 bridgehead atoms. The van der Waals surface area contributed by atoms with Crippen LogP contribution in [0.2, 0.25) is 0 Å². The Labute approximate surface area is 158 Å². The fourth-order valence-electron chi connectivity index (χ4n) is 1.95. The highest BCUT2D eigenvalue weighted by Gasteiger charge is 2.46. The average molecular weight is 389 g/mol. The Morgan fingerprint density at radius 1 is 0.833 bits per heavy atom. The lowest BCUT2D eigenvalue weighted by atomic mass is 9.76. The summed E-state index contributed by atoms with van der Waals surface area (Å²) in [5.41, 5.74) is 9.58. The molecule has 0 aromatic rings. The predicted octanol–water partition coefficient (Wildman–Crippen LogP) is 2.44. The smallest absolute Gasteiger partial charge is 0.311 e. The zero-order valence-corrected chi connectivity index (χ0v) is 17.6. The van der Waals surface area contributed by atoms with Crippen molar-refractivity contribution in [2.75, 3.05) is 6.54 Å². The molecular formula is C16H34Cl2N2O4. The number of halogens is 2. The lowest BCUT2D eigenvalue weighted by molar-refractivity contribution is -0.168. The third-order valence-electron chi connectivity index (χ3n) is 3.49. The first-order valence-corrected chi connectivity index (χ1v) is 7.58. The summed E-state index contributed by atoms with van der Waals surface area (Å²) in [5, 5.41) is 0. The Kier molecular flexibility index (Phi) is 11.5. The number of carbonyl (C=O) groups is 2. The molecule has 0 amide bonds. The molecule has 0 aliphatic rings. The van der Waals surface area contributed by atoms with Crippen molar-refractivity contribution in [1.82, 2.24) is 0 Å². The van der Waals surface area contributed by atoms with Crippen molar-refractivity contribution >= 4 is 36.8 Å².